The zero-order chi connectivity index (χ0) is 21.7. The average molecular weight is 416 g/mol. The van der Waals surface area contributed by atoms with E-state index in [-0.39, 0.29) is 12.0 Å². The molecule has 0 atom stereocenters. The number of nitrogens with zero attached hydrogens (tertiary/aromatic N) is 2. The van der Waals surface area contributed by atoms with Gasteiger partial charge in [-0.05, 0) is 43.7 Å². The summed E-state index contributed by atoms with van der Waals surface area (Å²) in [4.78, 5) is 37.0. The molecule has 31 heavy (non-hydrogen) atoms. The molecule has 0 saturated carbocycles. The fourth-order valence-electron chi connectivity index (χ4n) is 3.70. The molecule has 5 aromatic rings. The molecule has 0 N–H and O–H groups in total. The predicted molar refractivity (Wildman–Crippen MR) is 114 cm³/mol. The molecule has 0 aliphatic rings. The molecule has 0 saturated heterocycles. The van der Waals surface area contributed by atoms with Gasteiger partial charge in [-0.2, -0.15) is 9.78 Å². The Hall–Kier alpha value is -4.20. The van der Waals surface area contributed by atoms with Crippen LogP contribution in [0.2, 0.25) is 0 Å². The van der Waals surface area contributed by atoms with Crippen molar-refractivity contribution >= 4 is 38.7 Å². The number of carbonyl (C=O) groups is 1. The van der Waals surface area contributed by atoms with Crippen molar-refractivity contribution in [2.75, 3.05) is 6.61 Å². The number of aromatic nitrogens is 2. The van der Waals surface area contributed by atoms with Crippen molar-refractivity contribution in [1.29, 1.82) is 0 Å². The van der Waals surface area contributed by atoms with E-state index in [4.69, 9.17) is 13.6 Å². The van der Waals surface area contributed by atoms with Gasteiger partial charge in [0.1, 0.15) is 22.3 Å². The third kappa shape index (κ3) is 3.09. The Bertz CT molecular complexity index is 1620. The molecule has 0 amide bonds. The lowest BCUT2D eigenvalue weighted by Gasteiger charge is -2.08. The van der Waals surface area contributed by atoms with Crippen LogP contribution in [0.3, 0.4) is 0 Å². The van der Waals surface area contributed by atoms with E-state index in [9.17, 15) is 14.4 Å². The number of para-hydroxylation sites is 1. The number of fused-ring (bicyclic) bond motifs is 4. The minimum Gasteiger partial charge on any atom is -0.484 e. The number of benzene rings is 2. The van der Waals surface area contributed by atoms with Gasteiger partial charge < -0.3 is 13.6 Å². The van der Waals surface area contributed by atoms with Crippen LogP contribution in [0.25, 0.3) is 32.8 Å². The Morgan fingerprint density at radius 3 is 2.65 bits per heavy atom. The summed E-state index contributed by atoms with van der Waals surface area (Å²) in [5.74, 6) is -0.0909. The maximum Gasteiger partial charge on any atom is 0.347 e. The summed E-state index contributed by atoms with van der Waals surface area (Å²) >= 11 is 0. The highest BCUT2D eigenvalue weighted by Crippen LogP contribution is 2.25. The highest BCUT2D eigenvalue weighted by Gasteiger charge is 2.20. The molecule has 8 heteroatoms. The van der Waals surface area contributed by atoms with Crippen molar-refractivity contribution in [3.8, 4) is 5.75 Å². The molecule has 3 heterocycles. The third-order valence-corrected chi connectivity index (χ3v) is 5.13. The molecule has 0 aliphatic carbocycles. The van der Waals surface area contributed by atoms with E-state index in [0.717, 1.165) is 10.9 Å². The van der Waals surface area contributed by atoms with Gasteiger partial charge in [-0.15, -0.1) is 0 Å². The first-order valence-electron chi connectivity index (χ1n) is 9.54. The quantitative estimate of drug-likeness (QED) is 0.414. The van der Waals surface area contributed by atoms with Gasteiger partial charge in [-0.3, -0.25) is 4.79 Å². The van der Waals surface area contributed by atoms with Crippen molar-refractivity contribution in [3.63, 3.8) is 0 Å². The highest BCUT2D eigenvalue weighted by atomic mass is 16.5. The van der Waals surface area contributed by atoms with Gasteiger partial charge in [0.05, 0.1) is 11.2 Å². The molecule has 154 valence electrons. The number of ether oxygens (including phenoxy) is 1. The van der Waals surface area contributed by atoms with Crippen LogP contribution in [-0.2, 0) is 0 Å². The van der Waals surface area contributed by atoms with Gasteiger partial charge in [0.25, 0.3) is 5.91 Å². The first-order chi connectivity index (χ1) is 14.9. The lowest BCUT2D eigenvalue weighted by molar-refractivity contribution is 0.0827. The second-order valence-corrected chi connectivity index (χ2v) is 7.20. The van der Waals surface area contributed by atoms with Gasteiger partial charge >= 0.3 is 11.3 Å². The maximum absolute atomic E-state index is 12.9. The van der Waals surface area contributed by atoms with Crippen molar-refractivity contribution in [2.45, 2.75) is 13.8 Å². The smallest absolute Gasteiger partial charge is 0.347 e. The standard InChI is InChI=1S/C23H16N2O6/c1-12-9-20(27)30-18-10-14(7-8-15(12)18)29-11-19(26)25-22-16-5-3-4-6-17(16)31-23(28)21(22)13(2)24-25/h3-10H,11H2,1-2H3. The summed E-state index contributed by atoms with van der Waals surface area (Å²) in [5.41, 5.74) is 1.31. The van der Waals surface area contributed by atoms with Crippen LogP contribution in [0.4, 0.5) is 0 Å². The van der Waals surface area contributed by atoms with E-state index in [1.165, 1.54) is 10.7 Å². The predicted octanol–water partition coefficient (Wildman–Crippen LogP) is 3.59. The van der Waals surface area contributed by atoms with Gasteiger partial charge in [0.2, 0.25) is 0 Å². The summed E-state index contributed by atoms with van der Waals surface area (Å²) in [6.45, 7) is 3.13. The van der Waals surface area contributed by atoms with E-state index >= 15 is 0 Å². The fraction of sp³-hybridized carbons (Fsp3) is 0.130. The minimum atomic E-state index is -0.550. The van der Waals surface area contributed by atoms with Crippen molar-refractivity contribution in [2.24, 2.45) is 0 Å². The normalized spacial score (nSPS) is 11.4. The molecule has 5 rings (SSSR count). The van der Waals surface area contributed by atoms with E-state index in [1.54, 1.807) is 49.4 Å². The summed E-state index contributed by atoms with van der Waals surface area (Å²) < 4.78 is 17.4. The zero-order valence-electron chi connectivity index (χ0n) is 16.7. The van der Waals surface area contributed by atoms with Gasteiger partial charge in [-0.25, -0.2) is 9.59 Å². The van der Waals surface area contributed by atoms with Gasteiger partial charge in [0.15, 0.2) is 6.61 Å². The van der Waals surface area contributed by atoms with E-state index in [1.807, 2.05) is 6.92 Å². The monoisotopic (exact) mass is 416 g/mol. The summed E-state index contributed by atoms with van der Waals surface area (Å²) in [6, 6.07) is 13.4. The van der Waals surface area contributed by atoms with E-state index < -0.39 is 17.2 Å². The fourth-order valence-corrected chi connectivity index (χ4v) is 3.70. The zero-order valence-corrected chi connectivity index (χ0v) is 16.7. The molecular formula is C23H16N2O6. The Balaban J connectivity index is 1.52. The van der Waals surface area contributed by atoms with Crippen molar-refractivity contribution < 1.29 is 18.4 Å². The molecule has 0 spiro atoms. The molecule has 0 radical (unpaired) electrons. The van der Waals surface area contributed by atoms with Crippen LogP contribution < -0.4 is 16.0 Å². The Kier molecular flexibility index (Phi) is 4.21. The summed E-state index contributed by atoms with van der Waals surface area (Å²) in [7, 11) is 0. The second kappa shape index (κ2) is 6.94. The molecule has 0 bridgehead atoms. The minimum absolute atomic E-state index is 0.259. The van der Waals surface area contributed by atoms with Crippen LogP contribution in [0.15, 0.2) is 67.0 Å². The summed E-state index contributed by atoms with van der Waals surface area (Å²) in [6.07, 6.45) is 0. The molecule has 8 nitrogen and oxygen atoms in total. The van der Waals surface area contributed by atoms with Gasteiger partial charge in [0, 0.05) is 22.9 Å². The van der Waals surface area contributed by atoms with Crippen LogP contribution in [0, 0.1) is 13.8 Å². The maximum atomic E-state index is 12.9. The molecule has 0 fully saturated rings. The Labute approximate surface area is 174 Å². The first kappa shape index (κ1) is 18.8. The number of carbonyl (C=O) groups excluding carboxylic acids is 1. The van der Waals surface area contributed by atoms with Crippen LogP contribution in [0.5, 0.6) is 5.75 Å². The average Bonchev–Trinajstić information content (AvgIpc) is 3.10. The van der Waals surface area contributed by atoms with E-state index in [0.29, 0.717) is 33.5 Å². The third-order valence-electron chi connectivity index (χ3n) is 5.13. The Morgan fingerprint density at radius 2 is 1.81 bits per heavy atom. The number of rotatable bonds is 3. The molecule has 3 aromatic heterocycles. The SMILES string of the molecule is Cc1cc(=O)oc2cc(OCC(=O)n3nc(C)c4c(=O)oc5ccccc5c43)ccc12. The summed E-state index contributed by atoms with van der Waals surface area (Å²) in [5, 5.41) is 5.90. The van der Waals surface area contributed by atoms with Crippen LogP contribution in [0.1, 0.15) is 16.1 Å². The molecular weight excluding hydrogens is 400 g/mol. The van der Waals surface area contributed by atoms with Crippen LogP contribution in [-0.4, -0.2) is 22.3 Å². The van der Waals surface area contributed by atoms with Gasteiger partial charge in [-0.1, -0.05) is 12.1 Å². The lowest BCUT2D eigenvalue weighted by Crippen LogP contribution is -2.20. The molecule has 0 aliphatic heterocycles. The largest absolute Gasteiger partial charge is 0.484 e. The molecule has 2 aromatic carbocycles. The number of aryl methyl sites for hydroxylation is 2. The number of hydrogen-bond acceptors (Lipinski definition) is 7. The first-order valence-corrected chi connectivity index (χ1v) is 9.54. The Morgan fingerprint density at radius 1 is 1.00 bits per heavy atom. The lowest BCUT2D eigenvalue weighted by atomic mass is 10.1. The topological polar surface area (TPSA) is 105 Å². The highest BCUT2D eigenvalue weighted by molar-refractivity contribution is 6.07. The molecule has 0 unspecified atom stereocenters. The second-order valence-electron chi connectivity index (χ2n) is 7.20. The van der Waals surface area contributed by atoms with E-state index in [2.05, 4.69) is 5.10 Å². The van der Waals surface area contributed by atoms with Crippen molar-refractivity contribution in [3.05, 3.63) is 80.6 Å². The van der Waals surface area contributed by atoms with Crippen molar-refractivity contribution in [1.82, 2.24) is 9.78 Å². The number of hydrogen-bond donors (Lipinski definition) is 0. The van der Waals surface area contributed by atoms with Crippen LogP contribution >= 0.6 is 0 Å².